The second-order valence-electron chi connectivity index (χ2n) is 3.33. The third-order valence-corrected chi connectivity index (χ3v) is 2.98. The topological polar surface area (TPSA) is 17.1 Å². The molecule has 0 saturated carbocycles. The summed E-state index contributed by atoms with van der Waals surface area (Å²) in [5.74, 6) is 0. The molecule has 3 heteroatoms. The van der Waals surface area contributed by atoms with E-state index in [0.717, 1.165) is 17.4 Å². The Kier molecular flexibility index (Phi) is 3.28. The number of rotatable bonds is 2. The van der Waals surface area contributed by atoms with E-state index in [9.17, 15) is 4.79 Å². The van der Waals surface area contributed by atoms with Crippen molar-refractivity contribution in [3.8, 4) is 11.1 Å². The lowest BCUT2D eigenvalue weighted by molar-refractivity contribution is 0.112. The number of benzene rings is 2. The van der Waals surface area contributed by atoms with E-state index in [0.29, 0.717) is 15.6 Å². The van der Waals surface area contributed by atoms with Gasteiger partial charge in [0, 0.05) is 16.1 Å². The van der Waals surface area contributed by atoms with Gasteiger partial charge in [-0.05, 0) is 23.8 Å². The molecule has 0 aromatic heterocycles. The van der Waals surface area contributed by atoms with Crippen LogP contribution in [0.3, 0.4) is 0 Å². The van der Waals surface area contributed by atoms with Crippen LogP contribution < -0.4 is 0 Å². The van der Waals surface area contributed by atoms with Crippen molar-refractivity contribution in [2.45, 2.75) is 0 Å². The molecular formula is C13H8Cl2O. The molecular weight excluding hydrogens is 243 g/mol. The Bertz CT molecular complexity index is 535. The Hall–Kier alpha value is -1.31. The zero-order valence-corrected chi connectivity index (χ0v) is 9.79. The SMILES string of the molecule is O=Cc1cc(-c2ccccc2Cl)ccc1Cl. The predicted octanol–water partition coefficient (Wildman–Crippen LogP) is 4.47. The van der Waals surface area contributed by atoms with E-state index in [1.165, 1.54) is 0 Å². The first-order valence-corrected chi connectivity index (χ1v) is 5.47. The molecule has 2 rings (SSSR count). The minimum absolute atomic E-state index is 0.450. The summed E-state index contributed by atoms with van der Waals surface area (Å²) < 4.78 is 0. The molecule has 2 aromatic rings. The van der Waals surface area contributed by atoms with Crippen molar-refractivity contribution in [2.24, 2.45) is 0 Å². The van der Waals surface area contributed by atoms with Crippen molar-refractivity contribution in [3.63, 3.8) is 0 Å². The highest BCUT2D eigenvalue weighted by Gasteiger charge is 2.05. The molecule has 0 fully saturated rings. The van der Waals surface area contributed by atoms with E-state index in [4.69, 9.17) is 23.2 Å². The molecule has 0 N–H and O–H groups in total. The van der Waals surface area contributed by atoms with Gasteiger partial charge < -0.3 is 0 Å². The Morgan fingerprint density at radius 3 is 2.38 bits per heavy atom. The van der Waals surface area contributed by atoms with Crippen molar-refractivity contribution in [1.29, 1.82) is 0 Å². The first-order chi connectivity index (χ1) is 7.72. The third kappa shape index (κ3) is 2.11. The van der Waals surface area contributed by atoms with Gasteiger partial charge in [0.15, 0.2) is 6.29 Å². The van der Waals surface area contributed by atoms with E-state index >= 15 is 0 Å². The summed E-state index contributed by atoms with van der Waals surface area (Å²) >= 11 is 11.9. The number of halogens is 2. The highest BCUT2D eigenvalue weighted by molar-refractivity contribution is 6.34. The second-order valence-corrected chi connectivity index (χ2v) is 4.15. The Morgan fingerprint density at radius 1 is 0.938 bits per heavy atom. The standard InChI is InChI=1S/C13H8Cl2O/c14-12-6-5-9(7-10(12)8-16)11-3-1-2-4-13(11)15/h1-8H. The van der Waals surface area contributed by atoms with Gasteiger partial charge in [-0.25, -0.2) is 0 Å². The number of carbonyl (C=O) groups is 1. The first-order valence-electron chi connectivity index (χ1n) is 4.72. The average Bonchev–Trinajstić information content (AvgIpc) is 2.31. The fourth-order valence-electron chi connectivity index (χ4n) is 1.50. The fourth-order valence-corrected chi connectivity index (χ4v) is 1.90. The summed E-state index contributed by atoms with van der Waals surface area (Å²) in [5.41, 5.74) is 2.25. The van der Waals surface area contributed by atoms with Crippen molar-refractivity contribution in [1.82, 2.24) is 0 Å². The predicted molar refractivity (Wildman–Crippen MR) is 67.3 cm³/mol. The molecule has 0 radical (unpaired) electrons. The van der Waals surface area contributed by atoms with Crippen molar-refractivity contribution < 1.29 is 4.79 Å². The van der Waals surface area contributed by atoms with Crippen molar-refractivity contribution in [3.05, 3.63) is 58.1 Å². The van der Waals surface area contributed by atoms with Gasteiger partial charge in [0.25, 0.3) is 0 Å². The number of hydrogen-bond acceptors (Lipinski definition) is 1. The molecule has 0 aliphatic carbocycles. The van der Waals surface area contributed by atoms with Crippen LogP contribution in [0.4, 0.5) is 0 Å². The molecule has 0 atom stereocenters. The Balaban J connectivity index is 2.57. The monoisotopic (exact) mass is 250 g/mol. The number of hydrogen-bond donors (Lipinski definition) is 0. The smallest absolute Gasteiger partial charge is 0.151 e. The van der Waals surface area contributed by atoms with Crippen LogP contribution in [0.2, 0.25) is 10.0 Å². The molecule has 0 spiro atoms. The lowest BCUT2D eigenvalue weighted by atomic mass is 10.0. The maximum Gasteiger partial charge on any atom is 0.151 e. The zero-order valence-electron chi connectivity index (χ0n) is 8.28. The molecule has 0 aliphatic rings. The lowest BCUT2D eigenvalue weighted by Gasteiger charge is -2.05. The highest BCUT2D eigenvalue weighted by Crippen LogP contribution is 2.29. The third-order valence-electron chi connectivity index (χ3n) is 2.31. The molecule has 0 saturated heterocycles. The van der Waals surface area contributed by atoms with E-state index < -0.39 is 0 Å². The van der Waals surface area contributed by atoms with Gasteiger partial charge >= 0.3 is 0 Å². The summed E-state index contributed by atoms with van der Waals surface area (Å²) in [6.45, 7) is 0. The average molecular weight is 251 g/mol. The van der Waals surface area contributed by atoms with Gasteiger partial charge in [0.1, 0.15) is 0 Å². The van der Waals surface area contributed by atoms with Crippen molar-refractivity contribution in [2.75, 3.05) is 0 Å². The summed E-state index contributed by atoms with van der Waals surface area (Å²) in [5, 5.41) is 1.10. The normalized spacial score (nSPS) is 10.1. The maximum absolute atomic E-state index is 10.8. The van der Waals surface area contributed by atoms with Crippen LogP contribution in [0.1, 0.15) is 10.4 Å². The van der Waals surface area contributed by atoms with E-state index in [1.54, 1.807) is 12.1 Å². The summed E-state index contributed by atoms with van der Waals surface area (Å²) in [6, 6.07) is 12.8. The molecule has 0 aliphatic heterocycles. The molecule has 0 amide bonds. The van der Waals surface area contributed by atoms with Crippen LogP contribution in [0, 0.1) is 0 Å². The van der Waals surface area contributed by atoms with Gasteiger partial charge in [0.05, 0.1) is 5.02 Å². The van der Waals surface area contributed by atoms with Crippen molar-refractivity contribution >= 4 is 29.5 Å². The van der Waals surface area contributed by atoms with Gasteiger partial charge in [-0.1, -0.05) is 47.5 Å². The van der Waals surface area contributed by atoms with Gasteiger partial charge in [-0.3, -0.25) is 4.79 Å². The second kappa shape index (κ2) is 4.69. The molecule has 16 heavy (non-hydrogen) atoms. The highest BCUT2D eigenvalue weighted by atomic mass is 35.5. The van der Waals surface area contributed by atoms with Crippen LogP contribution in [-0.2, 0) is 0 Å². The van der Waals surface area contributed by atoms with Crippen LogP contribution >= 0.6 is 23.2 Å². The van der Waals surface area contributed by atoms with E-state index in [-0.39, 0.29) is 0 Å². The minimum atomic E-state index is 0.450. The largest absolute Gasteiger partial charge is 0.298 e. The quantitative estimate of drug-likeness (QED) is 0.719. The van der Waals surface area contributed by atoms with Crippen LogP contribution in [-0.4, -0.2) is 6.29 Å². The first kappa shape index (κ1) is 11.2. The molecule has 0 bridgehead atoms. The summed E-state index contributed by atoms with van der Waals surface area (Å²) in [7, 11) is 0. The molecule has 1 nitrogen and oxygen atoms in total. The van der Waals surface area contributed by atoms with Gasteiger partial charge in [-0.2, -0.15) is 0 Å². The van der Waals surface area contributed by atoms with Crippen LogP contribution in [0.25, 0.3) is 11.1 Å². The fraction of sp³-hybridized carbons (Fsp3) is 0. The lowest BCUT2D eigenvalue weighted by Crippen LogP contribution is -1.85. The Morgan fingerprint density at radius 2 is 1.69 bits per heavy atom. The van der Waals surface area contributed by atoms with Gasteiger partial charge in [0.2, 0.25) is 0 Å². The number of aldehydes is 1. The zero-order chi connectivity index (χ0) is 11.5. The maximum atomic E-state index is 10.8. The van der Waals surface area contributed by atoms with E-state index in [2.05, 4.69) is 0 Å². The minimum Gasteiger partial charge on any atom is -0.298 e. The summed E-state index contributed by atoms with van der Waals surface area (Å²) in [6.07, 6.45) is 0.739. The van der Waals surface area contributed by atoms with Crippen LogP contribution in [0.5, 0.6) is 0 Å². The van der Waals surface area contributed by atoms with Crippen LogP contribution in [0.15, 0.2) is 42.5 Å². The molecule has 80 valence electrons. The van der Waals surface area contributed by atoms with Gasteiger partial charge in [-0.15, -0.1) is 0 Å². The molecule has 2 aromatic carbocycles. The summed E-state index contributed by atoms with van der Waals surface area (Å²) in [4.78, 5) is 10.8. The number of carbonyl (C=O) groups excluding carboxylic acids is 1. The molecule has 0 unspecified atom stereocenters. The van der Waals surface area contributed by atoms with E-state index in [1.807, 2.05) is 30.3 Å². The molecule has 0 heterocycles. The Labute approximate surface area is 104 Å².